The molecule has 500 valence electrons. The SMILES string of the molecule is CCC(COCCOCCC[Si](C)(C)O[Si](C)(C)CCC1CCC2OC2C1)(COCCOCCC[Si](C)(C)O[Si](C)(C)CCC1CCC2OC2C1)COCCOCCC[Si](C)(C)O[Si](C)(C)CCC1CCC2OC2C1.CCO.CCO.CCO. The molecule has 3 saturated heterocycles. The number of aliphatic hydroxyl groups excluding tert-OH is 3. The van der Waals surface area contributed by atoms with Gasteiger partial charge in [0.05, 0.1) is 96.1 Å². The predicted molar refractivity (Wildman–Crippen MR) is 359 cm³/mol. The Kier molecular flexibility index (Phi) is 38.2. The molecule has 3 aliphatic carbocycles. The number of ether oxygens (including phenoxy) is 9. The van der Waals surface area contributed by atoms with E-state index in [4.69, 9.17) is 70.3 Å². The molecule has 0 aromatic rings. The van der Waals surface area contributed by atoms with Crippen molar-refractivity contribution in [2.24, 2.45) is 23.2 Å². The second-order valence-electron chi connectivity index (χ2n) is 29.3. The molecule has 3 aliphatic heterocycles. The molecule has 6 rings (SSSR count). The van der Waals surface area contributed by atoms with Crippen molar-refractivity contribution in [2.75, 3.05) is 99.1 Å². The van der Waals surface area contributed by atoms with Crippen LogP contribution in [0.5, 0.6) is 0 Å². The fourth-order valence-corrected chi connectivity index (χ4v) is 39.9. The molecule has 9 unspecified atom stereocenters. The summed E-state index contributed by atoms with van der Waals surface area (Å²) < 4.78 is 75.9. The Morgan fingerprint density at radius 3 is 0.810 bits per heavy atom. The van der Waals surface area contributed by atoms with Crippen molar-refractivity contribution >= 4 is 49.9 Å². The Hall–Kier alpha value is 0.701. The van der Waals surface area contributed by atoms with E-state index in [1.54, 1.807) is 20.8 Å². The number of epoxide rings is 3. The Bertz CT molecular complexity index is 1500. The van der Waals surface area contributed by atoms with Crippen molar-refractivity contribution in [3.63, 3.8) is 0 Å². The Balaban J connectivity index is 0.00000193. The molecule has 6 aliphatic rings. The lowest BCUT2D eigenvalue weighted by Crippen LogP contribution is -2.44. The highest BCUT2D eigenvalue weighted by Gasteiger charge is 2.47. The fraction of sp³-hybridized carbons (Fsp3) is 1.00. The predicted octanol–water partition coefficient (Wildman–Crippen LogP) is 13.8. The molecule has 3 heterocycles. The van der Waals surface area contributed by atoms with Crippen molar-refractivity contribution in [1.29, 1.82) is 0 Å². The van der Waals surface area contributed by atoms with Crippen molar-refractivity contribution in [3.05, 3.63) is 0 Å². The lowest BCUT2D eigenvalue weighted by molar-refractivity contribution is -0.0890. The van der Waals surface area contributed by atoms with Gasteiger partial charge in [0.1, 0.15) is 0 Å². The first-order chi connectivity index (χ1) is 39.7. The zero-order valence-electron chi connectivity index (χ0n) is 57.1. The zero-order chi connectivity index (χ0) is 62.3. The summed E-state index contributed by atoms with van der Waals surface area (Å²) in [4.78, 5) is 0. The van der Waals surface area contributed by atoms with Gasteiger partial charge < -0.3 is 70.3 Å². The van der Waals surface area contributed by atoms with Gasteiger partial charge in [-0.15, -0.1) is 0 Å². The molecular formula is C63H134O15Si6. The second kappa shape index (κ2) is 40.6. The minimum absolute atomic E-state index is 0.250. The lowest BCUT2D eigenvalue weighted by Gasteiger charge is -2.35. The third-order valence-corrected chi connectivity index (χ3v) is 40.2. The van der Waals surface area contributed by atoms with Gasteiger partial charge in [-0.1, -0.05) is 26.2 Å². The van der Waals surface area contributed by atoms with E-state index in [1.165, 1.54) is 95.2 Å². The fourth-order valence-electron chi connectivity index (χ4n) is 13.2. The van der Waals surface area contributed by atoms with Crippen LogP contribution in [-0.4, -0.2) is 201 Å². The van der Waals surface area contributed by atoms with Crippen LogP contribution >= 0.6 is 0 Å². The van der Waals surface area contributed by atoms with E-state index in [0.29, 0.717) is 96.1 Å². The average Bonchev–Trinajstić information content (AvgIpc) is 4.46. The van der Waals surface area contributed by atoms with Crippen LogP contribution in [0.4, 0.5) is 0 Å². The van der Waals surface area contributed by atoms with Gasteiger partial charge >= 0.3 is 0 Å². The number of aliphatic hydroxyl groups is 3. The first-order valence-corrected chi connectivity index (χ1v) is 52.7. The number of hydrogen-bond donors (Lipinski definition) is 3. The van der Waals surface area contributed by atoms with Gasteiger partial charge in [0.15, 0.2) is 49.9 Å². The van der Waals surface area contributed by atoms with Crippen molar-refractivity contribution in [2.45, 2.75) is 282 Å². The largest absolute Gasteiger partial charge is 0.455 e. The second-order valence-corrected chi connectivity index (χ2v) is 55.8. The number of rotatable bonds is 43. The molecule has 3 saturated carbocycles. The van der Waals surface area contributed by atoms with Crippen molar-refractivity contribution < 1.29 is 70.3 Å². The van der Waals surface area contributed by atoms with Crippen molar-refractivity contribution in [3.8, 4) is 0 Å². The highest BCUT2D eigenvalue weighted by molar-refractivity contribution is 6.86. The summed E-state index contributed by atoms with van der Waals surface area (Å²) >= 11 is 0. The molecule has 6 fully saturated rings. The minimum atomic E-state index is -1.77. The first-order valence-electron chi connectivity index (χ1n) is 34.0. The highest BCUT2D eigenvalue weighted by atomic mass is 28.4. The monoisotopic (exact) mass is 1300 g/mol. The third-order valence-electron chi connectivity index (χ3n) is 17.8. The van der Waals surface area contributed by atoms with Crippen molar-refractivity contribution in [1.82, 2.24) is 0 Å². The normalized spacial score (nSPS) is 25.5. The topological polar surface area (TPSA) is 181 Å². The van der Waals surface area contributed by atoms with Gasteiger partial charge in [0.2, 0.25) is 0 Å². The van der Waals surface area contributed by atoms with E-state index in [1.807, 2.05) is 0 Å². The summed E-state index contributed by atoms with van der Waals surface area (Å²) in [5.41, 5.74) is -0.266. The van der Waals surface area contributed by atoms with E-state index in [2.05, 4.69) is 85.5 Å². The summed E-state index contributed by atoms with van der Waals surface area (Å²) in [6.45, 7) is 44.3. The molecule has 0 radical (unpaired) electrons. The smallest absolute Gasteiger partial charge is 0.173 e. The average molecular weight is 1300 g/mol. The quantitative estimate of drug-likeness (QED) is 0.0298. The maximum absolute atomic E-state index is 7.57. The molecule has 0 amide bonds. The molecule has 15 nitrogen and oxygen atoms in total. The molecule has 0 aromatic carbocycles. The minimum Gasteiger partial charge on any atom is -0.455 e. The molecule has 9 atom stereocenters. The van der Waals surface area contributed by atoms with Gasteiger partial charge in [-0.3, -0.25) is 0 Å². The standard InChI is InChI=1S/C57H116O12Si6.3C2H6O/c1-14-57(45-61-33-30-58-27-15-36-70(2,3)67-73(8,9)39-24-48-18-21-51-54(42-48)64-51,46-62-34-31-59-28-16-37-71(4,5)68-74(10,11)40-25-49-19-22-52-55(43-49)65-52)47-63-35-32-60-29-17-38-72(6,7)69-75(12,13)41-26-50-20-23-53-56(44-50)66-53;3*1-2-3/h48-56H,14-47H2,1-13H3;3*3H,2H2,1H3. The van der Waals surface area contributed by atoms with Gasteiger partial charge in [0, 0.05) is 45.1 Å². The van der Waals surface area contributed by atoms with E-state index in [-0.39, 0.29) is 25.2 Å². The van der Waals surface area contributed by atoms with Crippen LogP contribution in [0.3, 0.4) is 0 Å². The van der Waals surface area contributed by atoms with Crippen LogP contribution in [-0.2, 0) is 55.0 Å². The molecule has 0 bridgehead atoms. The van der Waals surface area contributed by atoms with Crippen LogP contribution in [0.2, 0.25) is 115 Å². The van der Waals surface area contributed by atoms with Crippen LogP contribution in [0.1, 0.15) is 130 Å². The molecule has 21 heteroatoms. The Labute approximate surface area is 521 Å². The highest BCUT2D eigenvalue weighted by Crippen LogP contribution is 2.44. The summed E-state index contributed by atoms with van der Waals surface area (Å²) in [6.07, 6.45) is 23.0. The molecule has 3 N–H and O–H groups in total. The van der Waals surface area contributed by atoms with Crippen LogP contribution in [0.25, 0.3) is 0 Å². The molecular weight excluding hydrogens is 1170 g/mol. The summed E-state index contributed by atoms with van der Waals surface area (Å²) in [5.74, 6) is 2.49. The van der Waals surface area contributed by atoms with Crippen LogP contribution in [0, 0.1) is 23.2 Å². The zero-order valence-corrected chi connectivity index (χ0v) is 63.1. The van der Waals surface area contributed by atoms with E-state index in [0.717, 1.165) is 81.4 Å². The molecule has 0 aromatic heterocycles. The summed E-state index contributed by atoms with van der Waals surface area (Å²) in [6, 6.07) is 7.17. The first kappa shape index (κ1) is 78.9. The third kappa shape index (κ3) is 36.1. The summed E-state index contributed by atoms with van der Waals surface area (Å²) in [5, 5.41) is 22.7. The van der Waals surface area contributed by atoms with Gasteiger partial charge in [0.25, 0.3) is 0 Å². The van der Waals surface area contributed by atoms with Crippen LogP contribution in [0.15, 0.2) is 0 Å². The maximum atomic E-state index is 7.57. The van der Waals surface area contributed by atoms with Gasteiger partial charge in [-0.05, 0) is 237 Å². The lowest BCUT2D eigenvalue weighted by atomic mass is 9.88. The molecule has 0 spiro atoms. The van der Waals surface area contributed by atoms with E-state index >= 15 is 0 Å². The van der Waals surface area contributed by atoms with Gasteiger partial charge in [-0.25, -0.2) is 0 Å². The summed E-state index contributed by atoms with van der Waals surface area (Å²) in [7, 11) is -10.4. The maximum Gasteiger partial charge on any atom is 0.173 e. The Morgan fingerprint density at radius 2 is 0.571 bits per heavy atom. The van der Waals surface area contributed by atoms with Crippen LogP contribution < -0.4 is 0 Å². The van der Waals surface area contributed by atoms with Gasteiger partial charge in [-0.2, -0.15) is 0 Å². The van der Waals surface area contributed by atoms with E-state index < -0.39 is 49.9 Å². The number of hydrogen-bond acceptors (Lipinski definition) is 15. The Morgan fingerprint density at radius 1 is 0.333 bits per heavy atom. The molecule has 84 heavy (non-hydrogen) atoms. The van der Waals surface area contributed by atoms with E-state index in [9.17, 15) is 0 Å². The number of fused-ring (bicyclic) bond motifs is 3.